The van der Waals surface area contributed by atoms with Gasteiger partial charge in [-0.2, -0.15) is 4.39 Å². The number of pyridine rings is 1. The van der Waals surface area contributed by atoms with Crippen molar-refractivity contribution < 1.29 is 22.1 Å². The van der Waals surface area contributed by atoms with Crippen molar-refractivity contribution in [3.8, 4) is 0 Å². The molecule has 10 heteroatoms. The summed E-state index contributed by atoms with van der Waals surface area (Å²) in [4.78, 5) is 3.39. The van der Waals surface area contributed by atoms with E-state index in [0.29, 0.717) is 4.31 Å². The van der Waals surface area contributed by atoms with E-state index in [1.165, 1.54) is 32.4 Å². The Kier molecular flexibility index (Phi) is 4.45. The van der Waals surface area contributed by atoms with E-state index in [-0.39, 0.29) is 15.7 Å². The number of nitrogens with zero attached hydrogens (tertiary/aromatic N) is 3. The average molecular weight is 336 g/mol. The van der Waals surface area contributed by atoms with Gasteiger partial charge in [-0.25, -0.2) is 17.7 Å². The van der Waals surface area contributed by atoms with Gasteiger partial charge in [-0.1, -0.05) is 16.8 Å². The standard InChI is InChI=1S/C11H11ClFN3O4S/c1-7-9(13)11(20-15-7)16(6-19-2)21(17,18)8-4-3-5-14-10(8)12/h3-5H,6H2,1-2H3. The van der Waals surface area contributed by atoms with Gasteiger partial charge < -0.3 is 9.26 Å². The van der Waals surface area contributed by atoms with Crippen LogP contribution >= 0.6 is 11.6 Å². The quantitative estimate of drug-likeness (QED) is 0.613. The Bertz CT molecular complexity index is 750. The molecule has 0 bridgehead atoms. The molecule has 0 aromatic carbocycles. The van der Waals surface area contributed by atoms with E-state index in [0.717, 1.165) is 0 Å². The van der Waals surface area contributed by atoms with E-state index in [2.05, 4.69) is 10.1 Å². The molecule has 0 saturated carbocycles. The second-order valence-electron chi connectivity index (χ2n) is 3.95. The molecular formula is C11H11ClFN3O4S. The van der Waals surface area contributed by atoms with Crippen LogP contribution in [0.5, 0.6) is 0 Å². The van der Waals surface area contributed by atoms with Gasteiger partial charge >= 0.3 is 0 Å². The number of sulfonamides is 1. The van der Waals surface area contributed by atoms with E-state index < -0.39 is 28.5 Å². The molecule has 0 aliphatic heterocycles. The molecule has 0 aliphatic rings. The Morgan fingerprint density at radius 1 is 1.52 bits per heavy atom. The van der Waals surface area contributed by atoms with E-state index in [4.69, 9.17) is 20.9 Å². The monoisotopic (exact) mass is 335 g/mol. The lowest BCUT2D eigenvalue weighted by Gasteiger charge is -2.20. The molecule has 0 spiro atoms. The number of hydrogen-bond donors (Lipinski definition) is 0. The largest absolute Gasteiger partial charge is 0.363 e. The first-order valence-corrected chi connectivity index (χ1v) is 7.45. The minimum Gasteiger partial charge on any atom is -0.363 e. The van der Waals surface area contributed by atoms with Crippen molar-refractivity contribution in [2.75, 3.05) is 18.1 Å². The second kappa shape index (κ2) is 5.96. The van der Waals surface area contributed by atoms with Crippen LogP contribution in [0.4, 0.5) is 10.3 Å². The third kappa shape index (κ3) is 2.85. The Morgan fingerprint density at radius 3 is 2.76 bits per heavy atom. The van der Waals surface area contributed by atoms with Crippen LogP contribution in [0.1, 0.15) is 5.69 Å². The third-order valence-corrected chi connectivity index (χ3v) is 4.69. The number of methoxy groups -OCH3 is 1. The molecule has 2 heterocycles. The molecule has 0 aliphatic carbocycles. The van der Waals surface area contributed by atoms with Crippen LogP contribution in [0.25, 0.3) is 0 Å². The normalized spacial score (nSPS) is 11.6. The Morgan fingerprint density at radius 2 is 2.24 bits per heavy atom. The van der Waals surface area contributed by atoms with Gasteiger partial charge in [0.2, 0.25) is 5.82 Å². The highest BCUT2D eigenvalue weighted by molar-refractivity contribution is 7.93. The van der Waals surface area contributed by atoms with E-state index in [9.17, 15) is 12.8 Å². The highest BCUT2D eigenvalue weighted by Gasteiger charge is 2.33. The van der Waals surface area contributed by atoms with Crippen molar-refractivity contribution in [3.05, 3.63) is 35.0 Å². The van der Waals surface area contributed by atoms with Crippen LogP contribution < -0.4 is 4.31 Å². The maximum Gasteiger partial charge on any atom is 0.279 e. The minimum atomic E-state index is -4.22. The number of rotatable bonds is 5. The summed E-state index contributed by atoms with van der Waals surface area (Å²) in [5.74, 6) is -1.47. The summed E-state index contributed by atoms with van der Waals surface area (Å²) in [6, 6.07) is 2.64. The predicted octanol–water partition coefficient (Wildman–Crippen LogP) is 1.97. The topological polar surface area (TPSA) is 85.5 Å². The van der Waals surface area contributed by atoms with Crippen LogP contribution in [-0.2, 0) is 14.8 Å². The first-order valence-electron chi connectivity index (χ1n) is 5.63. The van der Waals surface area contributed by atoms with Gasteiger partial charge in [0.1, 0.15) is 22.5 Å². The molecule has 0 saturated heterocycles. The first-order chi connectivity index (χ1) is 9.89. The number of aryl methyl sites for hydroxylation is 1. The molecule has 0 radical (unpaired) electrons. The molecule has 2 aromatic heterocycles. The van der Waals surface area contributed by atoms with Crippen LogP contribution in [0, 0.1) is 12.7 Å². The van der Waals surface area contributed by atoms with Gasteiger partial charge in [-0.3, -0.25) is 0 Å². The molecule has 0 unspecified atom stereocenters. The van der Waals surface area contributed by atoms with Crippen molar-refractivity contribution in [2.45, 2.75) is 11.8 Å². The van der Waals surface area contributed by atoms with E-state index >= 15 is 0 Å². The lowest BCUT2D eigenvalue weighted by molar-refractivity contribution is 0.204. The first kappa shape index (κ1) is 15.7. The maximum atomic E-state index is 13.9. The lowest BCUT2D eigenvalue weighted by Crippen LogP contribution is -2.33. The maximum absolute atomic E-state index is 13.9. The third-order valence-electron chi connectivity index (χ3n) is 2.54. The number of anilines is 1. The molecular weight excluding hydrogens is 325 g/mol. The summed E-state index contributed by atoms with van der Waals surface area (Å²) >= 11 is 5.79. The second-order valence-corrected chi connectivity index (χ2v) is 6.14. The number of halogens is 2. The summed E-state index contributed by atoms with van der Waals surface area (Å²) in [6.45, 7) is 0.871. The highest BCUT2D eigenvalue weighted by atomic mass is 35.5. The van der Waals surface area contributed by atoms with Gasteiger partial charge in [-0.05, 0) is 19.1 Å². The van der Waals surface area contributed by atoms with Crippen molar-refractivity contribution in [3.63, 3.8) is 0 Å². The summed E-state index contributed by atoms with van der Waals surface area (Å²) in [5.41, 5.74) is -0.0708. The van der Waals surface area contributed by atoms with Crippen LogP contribution in [-0.4, -0.2) is 32.4 Å². The van der Waals surface area contributed by atoms with Crippen LogP contribution in [0.2, 0.25) is 5.15 Å². The summed E-state index contributed by atoms with van der Waals surface area (Å²) in [6.07, 6.45) is 1.33. The molecule has 2 aromatic rings. The zero-order valence-corrected chi connectivity index (χ0v) is 12.7. The van der Waals surface area contributed by atoms with Crippen molar-refractivity contribution >= 4 is 27.5 Å². The molecule has 0 atom stereocenters. The molecule has 7 nitrogen and oxygen atoms in total. The Labute approximate surface area is 125 Å². The summed E-state index contributed by atoms with van der Waals surface area (Å²) in [5, 5.41) is 3.15. The fraction of sp³-hybridized carbons (Fsp3) is 0.273. The number of hydrogen-bond acceptors (Lipinski definition) is 6. The van der Waals surface area contributed by atoms with Crippen molar-refractivity contribution in [1.29, 1.82) is 0 Å². The zero-order valence-electron chi connectivity index (χ0n) is 11.1. The molecule has 114 valence electrons. The molecule has 0 amide bonds. The lowest BCUT2D eigenvalue weighted by atomic mass is 10.4. The smallest absolute Gasteiger partial charge is 0.279 e. The van der Waals surface area contributed by atoms with E-state index in [1.807, 2.05) is 0 Å². The minimum absolute atomic E-state index is 0.0708. The molecule has 21 heavy (non-hydrogen) atoms. The molecule has 0 N–H and O–H groups in total. The van der Waals surface area contributed by atoms with Gasteiger partial charge in [0.15, 0.2) is 0 Å². The van der Waals surface area contributed by atoms with Crippen molar-refractivity contribution in [2.24, 2.45) is 0 Å². The average Bonchev–Trinajstić information content (AvgIpc) is 2.76. The molecule has 0 fully saturated rings. The van der Waals surface area contributed by atoms with Gasteiger partial charge in [-0.15, -0.1) is 0 Å². The molecule has 2 rings (SSSR count). The summed E-state index contributed by atoms with van der Waals surface area (Å²) in [7, 11) is -2.96. The number of aromatic nitrogens is 2. The summed E-state index contributed by atoms with van der Waals surface area (Å²) < 4.78 is 49.2. The fourth-order valence-electron chi connectivity index (χ4n) is 1.54. The Hall–Kier alpha value is -1.71. The van der Waals surface area contributed by atoms with Gasteiger partial charge in [0, 0.05) is 13.3 Å². The van der Waals surface area contributed by atoms with Crippen molar-refractivity contribution in [1.82, 2.24) is 10.1 Å². The van der Waals surface area contributed by atoms with Gasteiger partial charge in [0.05, 0.1) is 0 Å². The van der Waals surface area contributed by atoms with Crippen LogP contribution in [0.15, 0.2) is 27.7 Å². The SMILES string of the molecule is COCN(c1onc(C)c1F)S(=O)(=O)c1cccnc1Cl. The Balaban J connectivity index is 2.57. The van der Waals surface area contributed by atoms with Crippen LogP contribution in [0.3, 0.4) is 0 Å². The fourth-order valence-corrected chi connectivity index (χ4v) is 3.28. The van der Waals surface area contributed by atoms with E-state index in [1.54, 1.807) is 0 Å². The van der Waals surface area contributed by atoms with Gasteiger partial charge in [0.25, 0.3) is 15.9 Å². The zero-order chi connectivity index (χ0) is 15.6. The number of ether oxygens (including phenoxy) is 1. The predicted molar refractivity (Wildman–Crippen MR) is 72.0 cm³/mol. The highest BCUT2D eigenvalue weighted by Crippen LogP contribution is 2.29.